The molecule has 0 atom stereocenters. The number of unbranched alkanes of at least 4 members (excludes halogenated alkanes) is 4. The zero-order valence-electron chi connectivity index (χ0n) is 11.3. The summed E-state index contributed by atoms with van der Waals surface area (Å²) in [6, 6.07) is 0. The van der Waals surface area contributed by atoms with Crippen molar-refractivity contribution < 1.29 is 4.79 Å². The van der Waals surface area contributed by atoms with Crippen molar-refractivity contribution >= 4 is 5.91 Å². The Hall–Kier alpha value is -0.570. The molecular weight excluding hydrogens is 200 g/mol. The maximum Gasteiger partial charge on any atom is 0.219 e. The van der Waals surface area contributed by atoms with Crippen LogP contribution in [0.3, 0.4) is 0 Å². The summed E-state index contributed by atoms with van der Waals surface area (Å²) in [6.07, 6.45) is 8.44. The van der Waals surface area contributed by atoms with Gasteiger partial charge in [0.1, 0.15) is 0 Å². The van der Waals surface area contributed by atoms with Gasteiger partial charge in [-0.05, 0) is 13.0 Å². The van der Waals surface area contributed by atoms with E-state index < -0.39 is 0 Å². The van der Waals surface area contributed by atoms with Crippen molar-refractivity contribution in [1.82, 2.24) is 5.32 Å². The number of hydrogen-bond acceptors (Lipinski definition) is 2. The van der Waals surface area contributed by atoms with E-state index in [0.717, 1.165) is 6.42 Å². The van der Waals surface area contributed by atoms with Crippen LogP contribution < -0.4 is 11.1 Å². The van der Waals surface area contributed by atoms with E-state index in [1.54, 1.807) is 0 Å². The topological polar surface area (TPSA) is 55.1 Å². The molecule has 1 amide bonds. The first-order chi connectivity index (χ1) is 7.72. The average molecular weight is 230 g/mol. The molecule has 0 aromatic heterocycles. The molecule has 0 heterocycles. The third kappa shape index (κ3) is 19.1. The molecule has 16 heavy (non-hydrogen) atoms. The van der Waals surface area contributed by atoms with Crippen LogP contribution in [0.4, 0.5) is 0 Å². The molecule has 0 radical (unpaired) electrons. The van der Waals surface area contributed by atoms with Crippen molar-refractivity contribution in [1.29, 1.82) is 0 Å². The number of carbonyl (C=O) groups is 1. The smallest absolute Gasteiger partial charge is 0.219 e. The van der Waals surface area contributed by atoms with Crippen molar-refractivity contribution in [2.75, 3.05) is 13.1 Å². The SMILES string of the molecule is CCC(=O)NCCCN.CCCCCCC. The van der Waals surface area contributed by atoms with E-state index in [9.17, 15) is 4.79 Å². The molecule has 0 aromatic rings. The largest absolute Gasteiger partial charge is 0.356 e. The Labute approximate surface area is 101 Å². The molecule has 0 aliphatic carbocycles. The molecule has 3 N–H and O–H groups in total. The molecule has 0 spiro atoms. The number of amides is 1. The first-order valence-electron chi connectivity index (χ1n) is 6.69. The van der Waals surface area contributed by atoms with E-state index in [1.165, 1.54) is 32.1 Å². The van der Waals surface area contributed by atoms with Crippen molar-refractivity contribution in [3.05, 3.63) is 0 Å². The Morgan fingerprint density at radius 3 is 1.94 bits per heavy atom. The lowest BCUT2D eigenvalue weighted by Gasteiger charge is -1.99. The fourth-order valence-electron chi connectivity index (χ4n) is 1.13. The van der Waals surface area contributed by atoms with Crippen LogP contribution in [0.1, 0.15) is 65.7 Å². The zero-order chi connectivity index (χ0) is 12.6. The first-order valence-corrected chi connectivity index (χ1v) is 6.69. The molecule has 0 aliphatic rings. The van der Waals surface area contributed by atoms with E-state index >= 15 is 0 Å². The van der Waals surface area contributed by atoms with Crippen LogP contribution in [0.5, 0.6) is 0 Å². The molecule has 0 fully saturated rings. The number of carbonyl (C=O) groups excluding carboxylic acids is 1. The van der Waals surface area contributed by atoms with E-state index in [0.29, 0.717) is 19.5 Å². The molecule has 0 aliphatic heterocycles. The summed E-state index contributed by atoms with van der Waals surface area (Å²) >= 11 is 0. The third-order valence-corrected chi connectivity index (χ3v) is 2.23. The Balaban J connectivity index is 0. The molecule has 0 unspecified atom stereocenters. The van der Waals surface area contributed by atoms with Gasteiger partial charge in [0.05, 0.1) is 0 Å². The van der Waals surface area contributed by atoms with Crippen LogP contribution in [0.15, 0.2) is 0 Å². The normalized spacial score (nSPS) is 9.25. The first kappa shape index (κ1) is 17.8. The summed E-state index contributed by atoms with van der Waals surface area (Å²) in [5.41, 5.74) is 5.20. The lowest BCUT2D eigenvalue weighted by atomic mass is 10.2. The maximum atomic E-state index is 10.5. The summed E-state index contributed by atoms with van der Waals surface area (Å²) in [5, 5.41) is 2.71. The highest BCUT2D eigenvalue weighted by atomic mass is 16.1. The molecule has 0 rings (SSSR count). The molecular formula is C13H30N2O. The van der Waals surface area contributed by atoms with Gasteiger partial charge < -0.3 is 11.1 Å². The van der Waals surface area contributed by atoms with Crippen molar-refractivity contribution in [2.45, 2.75) is 65.7 Å². The van der Waals surface area contributed by atoms with Crippen LogP contribution in [-0.4, -0.2) is 19.0 Å². The summed E-state index contributed by atoms with van der Waals surface area (Å²) in [7, 11) is 0. The second-order valence-electron chi connectivity index (χ2n) is 3.91. The predicted molar refractivity (Wildman–Crippen MR) is 71.4 cm³/mol. The predicted octanol–water partition coefficient (Wildman–Crippen LogP) is 2.84. The van der Waals surface area contributed by atoms with Gasteiger partial charge in [0, 0.05) is 13.0 Å². The Bertz CT molecular complexity index is 134. The fourth-order valence-corrected chi connectivity index (χ4v) is 1.13. The second-order valence-corrected chi connectivity index (χ2v) is 3.91. The molecule has 0 aromatic carbocycles. The standard InChI is InChI=1S/C7H16.C6H14N2O/c1-3-5-7-6-4-2;1-2-6(9)8-5-3-4-7/h3-7H2,1-2H3;2-5,7H2,1H3,(H,8,9). The monoisotopic (exact) mass is 230 g/mol. The third-order valence-electron chi connectivity index (χ3n) is 2.23. The van der Waals surface area contributed by atoms with E-state index in [2.05, 4.69) is 19.2 Å². The Morgan fingerprint density at radius 1 is 1.00 bits per heavy atom. The summed E-state index contributed by atoms with van der Waals surface area (Å²) in [5.74, 6) is 0.100. The highest BCUT2D eigenvalue weighted by molar-refractivity contribution is 5.75. The van der Waals surface area contributed by atoms with Crippen LogP contribution in [0.25, 0.3) is 0 Å². The highest BCUT2D eigenvalue weighted by Gasteiger charge is 1.92. The van der Waals surface area contributed by atoms with Crippen LogP contribution in [0.2, 0.25) is 0 Å². The minimum Gasteiger partial charge on any atom is -0.356 e. The molecule has 98 valence electrons. The molecule has 3 heteroatoms. The van der Waals surface area contributed by atoms with Gasteiger partial charge in [-0.2, -0.15) is 0 Å². The van der Waals surface area contributed by atoms with Gasteiger partial charge in [0.2, 0.25) is 5.91 Å². The summed E-state index contributed by atoms with van der Waals surface area (Å²) in [6.45, 7) is 7.68. The number of rotatable bonds is 8. The van der Waals surface area contributed by atoms with Gasteiger partial charge >= 0.3 is 0 Å². The van der Waals surface area contributed by atoms with Crippen LogP contribution in [0, 0.1) is 0 Å². The van der Waals surface area contributed by atoms with E-state index in [-0.39, 0.29) is 5.91 Å². The number of nitrogens with two attached hydrogens (primary N) is 1. The molecule has 0 bridgehead atoms. The molecule has 0 saturated heterocycles. The minimum atomic E-state index is 0.100. The van der Waals surface area contributed by atoms with Crippen LogP contribution in [-0.2, 0) is 4.79 Å². The van der Waals surface area contributed by atoms with Gasteiger partial charge in [-0.25, -0.2) is 0 Å². The maximum absolute atomic E-state index is 10.5. The Morgan fingerprint density at radius 2 is 1.56 bits per heavy atom. The van der Waals surface area contributed by atoms with Gasteiger partial charge in [0.15, 0.2) is 0 Å². The van der Waals surface area contributed by atoms with Gasteiger partial charge in [-0.3, -0.25) is 4.79 Å². The van der Waals surface area contributed by atoms with E-state index in [4.69, 9.17) is 5.73 Å². The molecule has 3 nitrogen and oxygen atoms in total. The average Bonchev–Trinajstić information content (AvgIpc) is 2.31. The summed E-state index contributed by atoms with van der Waals surface area (Å²) in [4.78, 5) is 10.5. The fraction of sp³-hybridized carbons (Fsp3) is 0.923. The van der Waals surface area contributed by atoms with Gasteiger partial charge in [0.25, 0.3) is 0 Å². The lowest BCUT2D eigenvalue weighted by Crippen LogP contribution is -2.24. The van der Waals surface area contributed by atoms with Crippen molar-refractivity contribution in [3.63, 3.8) is 0 Å². The van der Waals surface area contributed by atoms with Crippen molar-refractivity contribution in [3.8, 4) is 0 Å². The second kappa shape index (κ2) is 16.8. The highest BCUT2D eigenvalue weighted by Crippen LogP contribution is 2.00. The zero-order valence-corrected chi connectivity index (χ0v) is 11.3. The summed E-state index contributed by atoms with van der Waals surface area (Å²) < 4.78 is 0. The minimum absolute atomic E-state index is 0.100. The van der Waals surface area contributed by atoms with Crippen molar-refractivity contribution in [2.24, 2.45) is 5.73 Å². The lowest BCUT2D eigenvalue weighted by molar-refractivity contribution is -0.120. The van der Waals surface area contributed by atoms with Gasteiger partial charge in [-0.1, -0.05) is 52.9 Å². The molecule has 0 saturated carbocycles. The van der Waals surface area contributed by atoms with Crippen LogP contribution >= 0.6 is 0 Å². The quantitative estimate of drug-likeness (QED) is 0.630. The Kier molecular flexibility index (Phi) is 18.8. The van der Waals surface area contributed by atoms with E-state index in [1.807, 2.05) is 6.92 Å². The number of nitrogens with one attached hydrogen (secondary N) is 1. The number of hydrogen-bond donors (Lipinski definition) is 2. The van der Waals surface area contributed by atoms with Gasteiger partial charge in [-0.15, -0.1) is 0 Å².